The van der Waals surface area contributed by atoms with Crippen molar-refractivity contribution in [2.75, 3.05) is 41.2 Å². The summed E-state index contributed by atoms with van der Waals surface area (Å²) in [6, 6.07) is 25.1. The van der Waals surface area contributed by atoms with Gasteiger partial charge >= 0.3 is 5.97 Å². The molecule has 4 N–H and O–H groups in total. The Morgan fingerprint density at radius 2 is 1.34 bits per heavy atom. The van der Waals surface area contributed by atoms with E-state index in [9.17, 15) is 38.4 Å². The number of carbonyl (C=O) groups is 8. The van der Waals surface area contributed by atoms with Crippen molar-refractivity contribution in [1.29, 1.82) is 0 Å². The van der Waals surface area contributed by atoms with Crippen molar-refractivity contribution < 1.29 is 62.1 Å². The van der Waals surface area contributed by atoms with Crippen LogP contribution in [0.1, 0.15) is 102 Å². The van der Waals surface area contributed by atoms with Crippen LogP contribution in [0.25, 0.3) is 0 Å². The average Bonchev–Trinajstić information content (AvgIpc) is 4.25. The molecule has 21 heteroatoms. The van der Waals surface area contributed by atoms with Crippen LogP contribution in [0, 0.1) is 0 Å². The Morgan fingerprint density at radius 1 is 0.725 bits per heavy atom. The lowest BCUT2D eigenvalue weighted by atomic mass is 10.1. The van der Waals surface area contributed by atoms with Crippen molar-refractivity contribution in [3.05, 3.63) is 124 Å². The Hall–Kier alpha value is -9.27. The molecule has 0 bridgehead atoms. The molecule has 416 valence electrons. The Balaban J connectivity index is 0.889. The quantitative estimate of drug-likeness (QED) is 0.0332. The van der Waals surface area contributed by atoms with Gasteiger partial charge in [-0.15, -0.1) is 5.06 Å². The van der Waals surface area contributed by atoms with Gasteiger partial charge in [0.05, 0.1) is 42.8 Å². The van der Waals surface area contributed by atoms with E-state index in [4.69, 9.17) is 23.8 Å². The van der Waals surface area contributed by atoms with E-state index in [0.29, 0.717) is 64.0 Å². The van der Waals surface area contributed by atoms with Gasteiger partial charge in [-0.3, -0.25) is 38.6 Å². The highest BCUT2D eigenvalue weighted by Gasteiger charge is 2.39. The number of benzene rings is 5. The minimum Gasteiger partial charge on any atom is -0.493 e. The molecule has 4 heterocycles. The van der Waals surface area contributed by atoms with Crippen molar-refractivity contribution in [2.45, 2.75) is 110 Å². The number of imide groups is 1. The molecule has 4 aliphatic heterocycles. The number of unbranched alkanes of at least 4 members (excludes halogenated alkanes) is 1. The maximum absolute atomic E-state index is 14.2. The van der Waals surface area contributed by atoms with Gasteiger partial charge in [0.1, 0.15) is 25.3 Å². The number of para-hydroxylation sites is 2. The predicted octanol–water partition coefficient (Wildman–Crippen LogP) is 6.90. The number of carbonyl (C=O) groups excluding carboxylic acids is 8. The van der Waals surface area contributed by atoms with E-state index >= 15 is 0 Å². The molecule has 0 aliphatic carbocycles. The van der Waals surface area contributed by atoms with Crippen LogP contribution in [0.15, 0.2) is 96.0 Å². The number of hydrogen-bond acceptors (Lipinski definition) is 15. The topological polar surface area (TPSA) is 253 Å². The number of anilines is 4. The van der Waals surface area contributed by atoms with Gasteiger partial charge in [0.15, 0.2) is 23.0 Å². The molecule has 0 saturated carbocycles. The van der Waals surface area contributed by atoms with Gasteiger partial charge < -0.3 is 54.9 Å². The van der Waals surface area contributed by atoms with E-state index < -0.39 is 47.6 Å². The monoisotopic (exact) mass is 1090 g/mol. The second kappa shape index (κ2) is 24.2. The van der Waals surface area contributed by atoms with Crippen LogP contribution < -0.4 is 50.0 Å². The summed E-state index contributed by atoms with van der Waals surface area (Å²) in [6.45, 7) is 9.08. The van der Waals surface area contributed by atoms with E-state index in [1.165, 1.54) is 28.1 Å². The largest absolute Gasteiger partial charge is 0.493 e. The fraction of sp³-hybridized carbons (Fsp3) is 0.339. The molecule has 5 aromatic rings. The molecule has 0 spiro atoms. The molecule has 80 heavy (non-hydrogen) atoms. The summed E-state index contributed by atoms with van der Waals surface area (Å²) in [4.78, 5) is 116. The first-order valence-corrected chi connectivity index (χ1v) is 26.4. The number of ether oxygens (including phenoxy) is 4. The Kier molecular flexibility index (Phi) is 16.8. The molecule has 5 aromatic carbocycles. The van der Waals surface area contributed by atoms with E-state index in [1.54, 1.807) is 41.3 Å². The molecule has 0 unspecified atom stereocenters. The highest BCUT2D eigenvalue weighted by atomic mass is 16.7. The van der Waals surface area contributed by atoms with Gasteiger partial charge in [-0.1, -0.05) is 36.4 Å². The summed E-state index contributed by atoms with van der Waals surface area (Å²) in [6.07, 6.45) is 1.68. The van der Waals surface area contributed by atoms with Crippen molar-refractivity contribution in [3.63, 3.8) is 0 Å². The lowest BCUT2D eigenvalue weighted by molar-refractivity contribution is -0.197. The Morgan fingerprint density at radius 3 is 2.01 bits per heavy atom. The number of fused-ring (bicyclic) bond motifs is 5. The minimum atomic E-state index is -1.09. The standard InChI is InChI=1S/C59H62N8O13/c1-33-21-38-13-7-9-15-46(38)65(33)58(74)42-26-48(76-5)50(28-44(42)60-4)78-31-36-22-37(32-79-51-29-45-43(27-49(51)77-6)59(75)66-41(30-61-45)25-39-14-8-10-16-47(39)66)24-40(23-36)64-57(73)35(3)63-56(72)34(2)62-52(68)17-11-12-18-55(71)80-67-53(69)19-20-54(67)70/h7-10,13-16,22-24,26-29,33-35,41,61H,4,11-12,17-21,25,30-32H2,1-3,5-6H3,(H,62,68)(H,63,72)(H,64,73)/t33-,34+,35+,41+/m1/s1. The number of methoxy groups -OCH3 is 2. The van der Waals surface area contributed by atoms with Crippen molar-refractivity contribution in [3.8, 4) is 23.0 Å². The molecule has 9 rings (SSSR count). The SMILES string of the molecule is C=Nc1cc(OCc2cc(COc3cc4c(cc3OC)C(=O)N3c5ccccc5C[C@H]3CN4)cc(NC(=O)[C@H](C)NC(=O)[C@H](C)NC(=O)CCCCC(=O)ON3C(=O)CCC3=O)c2)c(OC)cc1C(=O)N1c2ccccc2C[C@H]1C. The second-order valence-corrected chi connectivity index (χ2v) is 20.0. The normalized spacial score (nSPS) is 16.7. The maximum atomic E-state index is 14.2. The van der Waals surface area contributed by atoms with Gasteiger partial charge in [0.2, 0.25) is 17.7 Å². The van der Waals surface area contributed by atoms with Gasteiger partial charge in [-0.2, -0.15) is 0 Å². The van der Waals surface area contributed by atoms with Crippen LogP contribution in [0.3, 0.4) is 0 Å². The highest BCUT2D eigenvalue weighted by molar-refractivity contribution is 6.13. The van der Waals surface area contributed by atoms with Gasteiger partial charge in [0.25, 0.3) is 23.6 Å². The Labute approximate surface area is 461 Å². The first-order valence-electron chi connectivity index (χ1n) is 26.4. The summed E-state index contributed by atoms with van der Waals surface area (Å²) in [5, 5.41) is 12.0. The summed E-state index contributed by atoms with van der Waals surface area (Å²) in [5.74, 6) is -2.86. The number of aliphatic imine (C=N–C) groups is 1. The third-order valence-corrected chi connectivity index (χ3v) is 14.3. The number of nitrogens with zero attached hydrogens (tertiary/aromatic N) is 4. The summed E-state index contributed by atoms with van der Waals surface area (Å²) >= 11 is 0. The summed E-state index contributed by atoms with van der Waals surface area (Å²) in [7, 11) is 2.96. The zero-order valence-electron chi connectivity index (χ0n) is 45.1. The number of nitrogens with one attached hydrogen (secondary N) is 4. The molecule has 21 nitrogen and oxygen atoms in total. The molecule has 4 atom stereocenters. The maximum Gasteiger partial charge on any atom is 0.333 e. The summed E-state index contributed by atoms with van der Waals surface area (Å²) < 4.78 is 24.4. The molecule has 1 fully saturated rings. The van der Waals surface area contributed by atoms with E-state index in [0.717, 1.165) is 22.5 Å². The fourth-order valence-corrected chi connectivity index (χ4v) is 10.3. The van der Waals surface area contributed by atoms with Gasteiger partial charge in [-0.05, 0) is 118 Å². The first kappa shape index (κ1) is 55.5. The number of rotatable bonds is 21. The second-order valence-electron chi connectivity index (χ2n) is 20.0. The average molecular weight is 1090 g/mol. The Bertz CT molecular complexity index is 3290. The number of hydrogen-bond donors (Lipinski definition) is 4. The van der Waals surface area contributed by atoms with Crippen molar-refractivity contribution in [2.24, 2.45) is 4.99 Å². The van der Waals surface area contributed by atoms with Gasteiger partial charge in [0, 0.05) is 67.5 Å². The molecule has 4 aliphatic rings. The van der Waals surface area contributed by atoms with E-state index in [1.807, 2.05) is 66.4 Å². The molecule has 0 aromatic heterocycles. The fourth-order valence-electron chi connectivity index (χ4n) is 10.3. The van der Waals surface area contributed by atoms with Crippen molar-refractivity contribution >= 4 is 82.5 Å². The zero-order chi connectivity index (χ0) is 56.8. The molecule has 7 amide bonds. The van der Waals surface area contributed by atoms with Crippen LogP contribution in [-0.4, -0.2) is 104 Å². The van der Waals surface area contributed by atoms with Crippen LogP contribution in [0.2, 0.25) is 0 Å². The number of hydroxylamine groups is 2. The lowest BCUT2D eigenvalue weighted by Crippen LogP contribution is -2.50. The molecule has 0 radical (unpaired) electrons. The molecule has 1 saturated heterocycles. The highest BCUT2D eigenvalue weighted by Crippen LogP contribution is 2.42. The van der Waals surface area contributed by atoms with Crippen LogP contribution in [-0.2, 0) is 59.7 Å². The van der Waals surface area contributed by atoms with Crippen LogP contribution >= 0.6 is 0 Å². The van der Waals surface area contributed by atoms with Gasteiger partial charge in [-0.25, -0.2) is 4.79 Å². The van der Waals surface area contributed by atoms with Crippen molar-refractivity contribution in [1.82, 2.24) is 15.7 Å². The zero-order valence-corrected chi connectivity index (χ0v) is 45.1. The lowest BCUT2D eigenvalue weighted by Gasteiger charge is -2.24. The van der Waals surface area contributed by atoms with Crippen LogP contribution in [0.4, 0.5) is 28.4 Å². The molecular weight excluding hydrogens is 1030 g/mol. The number of amides is 7. The predicted molar refractivity (Wildman–Crippen MR) is 295 cm³/mol. The van der Waals surface area contributed by atoms with E-state index in [-0.39, 0.29) is 98.4 Å². The first-order chi connectivity index (χ1) is 38.5. The minimum absolute atomic E-state index is 0.0243. The summed E-state index contributed by atoms with van der Waals surface area (Å²) in [5.41, 5.74) is 6.92. The smallest absolute Gasteiger partial charge is 0.333 e. The molecular formula is C59H62N8O13. The van der Waals surface area contributed by atoms with E-state index in [2.05, 4.69) is 33.0 Å². The van der Waals surface area contributed by atoms with Crippen LogP contribution in [0.5, 0.6) is 23.0 Å². The third-order valence-electron chi connectivity index (χ3n) is 14.3. The third kappa shape index (κ3) is 12.1.